The Morgan fingerprint density at radius 3 is 1.12 bits per heavy atom. The van der Waals surface area contributed by atoms with E-state index in [9.17, 15) is 86.0 Å². The number of benzene rings is 3. The van der Waals surface area contributed by atoms with Crippen LogP contribution in [-0.2, 0) is 68.5 Å². The first-order chi connectivity index (χ1) is 53.8. The Balaban J connectivity index is 0.000000471. The van der Waals surface area contributed by atoms with Crippen LogP contribution in [0.2, 0.25) is 0 Å². The standard InChI is InChI=1S/C32H53NO13.C31H51NO12.C21H36N2O3.2CH4/c1-17-21(11-34)45-29(27(40)24(17)37)43-13-19(14-44-30-28(41)26(39)25(38)22(12-35)46-30)33-23(36)15-42-20-9-7-18(8-10-20)32(5,6)16-31(2,3)4;1-17-20(13-33)42-29(25(38)23(17)36)44-27-21(14-34)43-28(26(39)24(27)37)40-12-11-32-22(35)15-41-19-9-7-18(8-10-19)31(5,6)16-30(2,3)4;1-20(2,3)16-21(4,5)17-9-11-18(12-10-17)26-15-19(24)22-13-8-14-23(6,7)25;;/h7-10,17,19,21-22,24-30,34-35,37-41H,11-16H2,1-6H3,(H,33,36);7-10,17,20-21,23-29,33-34,36-39H,11-16H2,1-6H3,(H,32,35);9-12H,8,13-16H2,1-7H3,(H,22,24);2*1H4/t17-,19?,21?,22?,24?,25-,26?,27+,28+,29-,30-;17-,20?,21?,23?,24?,25+,26+,27-,28-,29-;;;/m00.../s1. The quantitative estimate of drug-likeness (QED) is 0.0221. The highest BCUT2D eigenvalue weighted by Crippen LogP contribution is 2.41. The van der Waals surface area contributed by atoms with E-state index in [0.29, 0.717) is 36.8 Å². The second kappa shape index (κ2) is 47.4. The molecule has 118 heavy (non-hydrogen) atoms. The third-order valence-electron chi connectivity index (χ3n) is 20.6. The number of hydrogen-bond donors (Lipinski definition) is 16. The average Bonchev–Trinajstić information content (AvgIpc) is 0.777. The maximum atomic E-state index is 12.9. The molecule has 4 aliphatic rings. The van der Waals surface area contributed by atoms with Crippen molar-refractivity contribution in [2.24, 2.45) is 28.1 Å². The van der Waals surface area contributed by atoms with Gasteiger partial charge in [-0.05, 0) is 105 Å². The van der Waals surface area contributed by atoms with Gasteiger partial charge in [-0.15, -0.1) is 0 Å². The molecule has 0 spiro atoms. The van der Waals surface area contributed by atoms with Crippen LogP contribution in [0.25, 0.3) is 0 Å². The number of quaternary nitrogens is 1. The summed E-state index contributed by atoms with van der Waals surface area (Å²) in [5, 5.41) is 151. The minimum Gasteiger partial charge on any atom is -0.633 e. The monoisotopic (exact) mass is 1690 g/mol. The summed E-state index contributed by atoms with van der Waals surface area (Å²) in [5.74, 6) is -0.543. The van der Waals surface area contributed by atoms with E-state index in [4.69, 9.17) is 52.1 Å². The minimum atomic E-state index is -1.67. The lowest BCUT2D eigenvalue weighted by molar-refractivity contribution is -0.840. The number of aliphatic hydroxyl groups is 13. The molecule has 0 aromatic heterocycles. The van der Waals surface area contributed by atoms with Crippen LogP contribution in [0.1, 0.15) is 175 Å². The molecule has 0 bridgehead atoms. The molecule has 4 fully saturated rings. The van der Waals surface area contributed by atoms with Gasteiger partial charge in [0.2, 0.25) is 0 Å². The van der Waals surface area contributed by atoms with E-state index in [1.54, 1.807) is 40.1 Å². The van der Waals surface area contributed by atoms with Crippen LogP contribution in [0.15, 0.2) is 72.8 Å². The van der Waals surface area contributed by atoms with Gasteiger partial charge < -0.3 is 144 Å². The number of aliphatic hydroxyl groups excluding tert-OH is 13. The Morgan fingerprint density at radius 2 is 0.746 bits per heavy atom. The molecule has 16 N–H and O–H groups in total. The van der Waals surface area contributed by atoms with Crippen molar-refractivity contribution in [3.05, 3.63) is 94.7 Å². The predicted octanol–water partition coefficient (Wildman–Crippen LogP) is 4.12. The first-order valence-electron chi connectivity index (χ1n) is 40.1. The number of ether oxygens (including phenoxy) is 11. The van der Waals surface area contributed by atoms with Crippen LogP contribution >= 0.6 is 0 Å². The van der Waals surface area contributed by atoms with Gasteiger partial charge in [-0.1, -0.05) is 169 Å². The van der Waals surface area contributed by atoms with Crippen molar-refractivity contribution < 1.29 is 138 Å². The molecule has 4 heterocycles. The zero-order valence-corrected chi connectivity index (χ0v) is 71.5. The first-order valence-corrected chi connectivity index (χ1v) is 40.1. The smallest absolute Gasteiger partial charge is 0.258 e. The van der Waals surface area contributed by atoms with Crippen LogP contribution < -0.4 is 30.2 Å². The van der Waals surface area contributed by atoms with Gasteiger partial charge in [0.1, 0.15) is 78.3 Å². The van der Waals surface area contributed by atoms with Crippen LogP contribution in [0.5, 0.6) is 17.2 Å². The van der Waals surface area contributed by atoms with Crippen LogP contribution in [0.4, 0.5) is 0 Å². The Bertz CT molecular complexity index is 3320. The van der Waals surface area contributed by atoms with E-state index in [0.717, 1.165) is 24.8 Å². The molecular weight excluding hydrogens is 1540 g/mol. The number of hydroxylamine groups is 3. The average molecular weight is 1690 g/mol. The van der Waals surface area contributed by atoms with Crippen molar-refractivity contribution in [1.29, 1.82) is 0 Å². The lowest BCUT2D eigenvalue weighted by Crippen LogP contribution is -2.63. The Hall–Kier alpha value is -5.45. The highest BCUT2D eigenvalue weighted by atomic mass is 16.7. The normalized spacial score (nSPS) is 28.0. The van der Waals surface area contributed by atoms with Gasteiger partial charge in [0.05, 0.1) is 97.3 Å². The number of hydrogen-bond acceptors (Lipinski definition) is 28. The van der Waals surface area contributed by atoms with Gasteiger partial charge in [-0.2, -0.15) is 0 Å². The van der Waals surface area contributed by atoms with Crippen LogP contribution in [-0.4, -0.2) is 305 Å². The van der Waals surface area contributed by atoms with Crippen LogP contribution in [0, 0.1) is 33.3 Å². The summed E-state index contributed by atoms with van der Waals surface area (Å²) in [6, 6.07) is 22.3. The fourth-order valence-electron chi connectivity index (χ4n) is 15.2. The fourth-order valence-corrected chi connectivity index (χ4v) is 15.2. The largest absolute Gasteiger partial charge is 0.633 e. The number of nitrogens with one attached hydrogen (secondary N) is 3. The summed E-state index contributed by atoms with van der Waals surface area (Å²) >= 11 is 0. The van der Waals surface area contributed by atoms with Gasteiger partial charge in [0.15, 0.2) is 45.0 Å². The predicted molar refractivity (Wildman–Crippen MR) is 442 cm³/mol. The van der Waals surface area contributed by atoms with E-state index in [-0.39, 0.29) is 110 Å². The van der Waals surface area contributed by atoms with E-state index < -0.39 is 161 Å². The number of carbonyl (C=O) groups is 3. The van der Waals surface area contributed by atoms with Gasteiger partial charge in [-0.25, -0.2) is 0 Å². The second-order valence-corrected chi connectivity index (χ2v) is 37.1. The molecule has 0 radical (unpaired) electrons. The molecule has 3 aromatic rings. The van der Waals surface area contributed by atoms with Gasteiger partial charge in [-0.3, -0.25) is 14.4 Å². The lowest BCUT2D eigenvalue weighted by atomic mass is 9.72. The zero-order valence-electron chi connectivity index (χ0n) is 71.5. The number of rotatable bonds is 36. The van der Waals surface area contributed by atoms with Crippen molar-refractivity contribution in [1.82, 2.24) is 16.0 Å². The molecule has 0 aliphatic carbocycles. The van der Waals surface area contributed by atoms with Crippen molar-refractivity contribution in [2.45, 2.75) is 291 Å². The molecule has 4 saturated heterocycles. The molecule has 3 aromatic carbocycles. The van der Waals surface area contributed by atoms with Gasteiger partial charge in [0, 0.05) is 31.3 Å². The molecule has 32 heteroatoms. The number of carbonyl (C=O) groups excluding carboxylic acids is 3. The molecule has 4 aliphatic heterocycles. The minimum absolute atomic E-state index is 0. The maximum absolute atomic E-state index is 12.9. The zero-order chi connectivity index (χ0) is 87.2. The van der Waals surface area contributed by atoms with Gasteiger partial charge in [0.25, 0.3) is 17.7 Å². The second-order valence-electron chi connectivity index (χ2n) is 37.1. The summed E-state index contributed by atoms with van der Waals surface area (Å²) in [6.07, 6.45) is -20.9. The van der Waals surface area contributed by atoms with E-state index in [1.807, 2.05) is 48.5 Å². The Labute approximate surface area is 699 Å². The third kappa shape index (κ3) is 34.3. The maximum Gasteiger partial charge on any atom is 0.258 e. The topological polar surface area (TPSA) is 475 Å². The number of amides is 3. The van der Waals surface area contributed by atoms with E-state index >= 15 is 0 Å². The van der Waals surface area contributed by atoms with Crippen LogP contribution in [0.3, 0.4) is 0 Å². The molecule has 7 rings (SSSR count). The first kappa shape index (κ1) is 107. The highest BCUT2D eigenvalue weighted by molar-refractivity contribution is 5.78. The molecule has 21 atom stereocenters. The number of nitrogens with zero attached hydrogens (tertiary/aromatic N) is 1. The third-order valence-corrected chi connectivity index (χ3v) is 20.6. The highest BCUT2D eigenvalue weighted by Gasteiger charge is 2.51. The fraction of sp³-hybridized carbons (Fsp3) is 0.756. The molecule has 3 amide bonds. The lowest BCUT2D eigenvalue weighted by Gasteiger charge is -2.46. The Kier molecular flexibility index (Phi) is 42.9. The van der Waals surface area contributed by atoms with E-state index in [2.05, 4.69) is 132 Å². The summed E-state index contributed by atoms with van der Waals surface area (Å²) in [5.41, 5.74) is 4.18. The molecule has 9 unspecified atom stereocenters. The van der Waals surface area contributed by atoms with Gasteiger partial charge >= 0.3 is 0 Å². The molecular formula is C86H148N4O28. The summed E-state index contributed by atoms with van der Waals surface area (Å²) in [7, 11) is 3.19. The SMILES string of the molecule is C.C.CC(C)(C)CC(C)(C)c1ccc(OCC(=O)NCCC[N+](C)(C)[O-])cc1.C[C@H]1C(CO)O[C@@H](O[C@H]2C(CO)O[C@H](OCCNC(=O)COc3ccc(C(C)(C)CC(C)(C)C)cc3)[C@H](O)C2O)[C@H](O)C1O.C[C@H]1C(CO)O[C@H](OCC(CO[C@H]2OC(CO)[C@H](O)C(O)[C@H]2O)NC(=O)COc2ccc(C(C)(C)CC(C)(C)C)cc2)[C@H](O)C1O. The summed E-state index contributed by atoms with van der Waals surface area (Å²) in [4.78, 5) is 37.0. The summed E-state index contributed by atoms with van der Waals surface area (Å²) in [6.45, 7) is 34.0. The van der Waals surface area contributed by atoms with E-state index in [1.165, 1.54) is 11.1 Å². The summed E-state index contributed by atoms with van der Waals surface area (Å²) < 4.78 is 61.0. The van der Waals surface area contributed by atoms with Crippen molar-refractivity contribution in [3.63, 3.8) is 0 Å². The van der Waals surface area contributed by atoms with Crippen molar-refractivity contribution >= 4 is 17.7 Å². The van der Waals surface area contributed by atoms with Crippen molar-refractivity contribution in [3.8, 4) is 17.2 Å². The van der Waals surface area contributed by atoms with Crippen molar-refractivity contribution in [2.75, 3.05) is 99.8 Å². The molecule has 0 saturated carbocycles. The Morgan fingerprint density at radius 1 is 0.424 bits per heavy atom. The molecule has 32 nitrogen and oxygen atoms in total. The molecule has 680 valence electrons.